The summed E-state index contributed by atoms with van der Waals surface area (Å²) in [7, 11) is 1.48. The minimum Gasteiger partial charge on any atom is -0.496 e. The molecule has 0 spiro atoms. The summed E-state index contributed by atoms with van der Waals surface area (Å²) >= 11 is 6.09. The number of carbonyl (C=O) groups is 3. The van der Waals surface area contributed by atoms with Gasteiger partial charge in [0, 0.05) is 23.5 Å². The van der Waals surface area contributed by atoms with Crippen molar-refractivity contribution in [3.8, 4) is 11.4 Å². The molecule has 4 rings (SSSR count). The molecule has 182 valence electrons. The van der Waals surface area contributed by atoms with Crippen molar-refractivity contribution >= 4 is 35.1 Å². The maximum absolute atomic E-state index is 13.2. The summed E-state index contributed by atoms with van der Waals surface area (Å²) in [4.78, 5) is 39.8. The fourth-order valence-corrected chi connectivity index (χ4v) is 4.19. The Kier molecular flexibility index (Phi) is 7.36. The summed E-state index contributed by atoms with van der Waals surface area (Å²) in [6.45, 7) is 2.44. The Hall–Kier alpha value is -3.85. The number of halogens is 1. The molecule has 1 saturated heterocycles. The van der Waals surface area contributed by atoms with Gasteiger partial charge in [0.2, 0.25) is 5.91 Å². The second kappa shape index (κ2) is 10.6. The van der Waals surface area contributed by atoms with Crippen molar-refractivity contribution in [2.75, 3.05) is 25.6 Å². The largest absolute Gasteiger partial charge is 0.496 e. The molecule has 10 heteroatoms. The Bertz CT molecular complexity index is 1260. The number of hydrogen-bond acceptors (Lipinski definition) is 6. The molecule has 1 N–H and O–H groups in total. The zero-order valence-electron chi connectivity index (χ0n) is 19.4. The number of hydrogen-bond donors (Lipinski definition) is 1. The van der Waals surface area contributed by atoms with Gasteiger partial charge in [0.1, 0.15) is 11.8 Å². The summed E-state index contributed by atoms with van der Waals surface area (Å²) in [6, 6.07) is 12.8. The average Bonchev–Trinajstić information content (AvgIpc) is 3.54. The monoisotopic (exact) mass is 496 g/mol. The molecular formula is C25H25ClN4O5. The van der Waals surface area contributed by atoms with Gasteiger partial charge in [-0.15, -0.1) is 0 Å². The number of nitrogens with zero attached hydrogens (tertiary/aromatic N) is 3. The van der Waals surface area contributed by atoms with Crippen molar-refractivity contribution in [2.45, 2.75) is 25.8 Å². The Morgan fingerprint density at radius 3 is 2.77 bits per heavy atom. The molecule has 0 saturated carbocycles. The summed E-state index contributed by atoms with van der Waals surface area (Å²) in [6.07, 6.45) is 2.89. The molecule has 1 aliphatic heterocycles. The second-order valence-corrected chi connectivity index (χ2v) is 8.34. The van der Waals surface area contributed by atoms with Gasteiger partial charge in [-0.2, -0.15) is 5.10 Å². The van der Waals surface area contributed by atoms with Gasteiger partial charge in [0.15, 0.2) is 5.69 Å². The third kappa shape index (κ3) is 5.30. The lowest BCUT2D eigenvalue weighted by molar-refractivity contribution is -0.119. The highest BCUT2D eigenvalue weighted by Crippen LogP contribution is 2.28. The van der Waals surface area contributed by atoms with Gasteiger partial charge in [0.25, 0.3) is 5.91 Å². The summed E-state index contributed by atoms with van der Waals surface area (Å²) < 4.78 is 11.8. The number of benzene rings is 2. The zero-order chi connectivity index (χ0) is 24.9. The molecule has 9 nitrogen and oxygen atoms in total. The fourth-order valence-electron chi connectivity index (χ4n) is 4.02. The van der Waals surface area contributed by atoms with E-state index in [0.717, 1.165) is 0 Å². The standard InChI is InChI=1S/C25H25ClN4O5/c1-3-35-25(33)20-11-13-30(28-20)18-7-4-6-17(15-18)27-23(31)21-8-5-12-29(21)24(32)19-14-16(26)9-10-22(19)34-2/h4,6-7,9-11,13-15,21H,3,5,8,12H2,1-2H3,(H,27,31). The molecule has 0 bridgehead atoms. The Morgan fingerprint density at radius 2 is 2.00 bits per heavy atom. The van der Waals surface area contributed by atoms with E-state index in [9.17, 15) is 14.4 Å². The maximum atomic E-state index is 13.2. The van der Waals surface area contributed by atoms with Crippen molar-refractivity contribution in [3.63, 3.8) is 0 Å². The molecule has 1 fully saturated rings. The first kappa shape index (κ1) is 24.3. The van der Waals surface area contributed by atoms with E-state index in [1.165, 1.54) is 11.8 Å². The van der Waals surface area contributed by atoms with E-state index in [1.54, 1.807) is 66.6 Å². The SMILES string of the molecule is CCOC(=O)c1ccn(-c2cccc(NC(=O)C3CCCN3C(=O)c3cc(Cl)ccc3OC)c2)n1. The smallest absolute Gasteiger partial charge is 0.358 e. The van der Waals surface area contributed by atoms with Gasteiger partial charge in [-0.1, -0.05) is 17.7 Å². The van der Waals surface area contributed by atoms with Gasteiger partial charge >= 0.3 is 5.97 Å². The average molecular weight is 497 g/mol. The van der Waals surface area contributed by atoms with E-state index in [0.29, 0.717) is 47.1 Å². The van der Waals surface area contributed by atoms with Crippen LogP contribution in [0, 0.1) is 0 Å². The van der Waals surface area contributed by atoms with Gasteiger partial charge in [-0.05, 0) is 62.2 Å². The number of nitrogens with one attached hydrogen (secondary N) is 1. The molecule has 3 aromatic rings. The molecule has 1 unspecified atom stereocenters. The van der Waals surface area contributed by atoms with Crippen molar-refractivity contribution in [1.82, 2.24) is 14.7 Å². The summed E-state index contributed by atoms with van der Waals surface area (Å²) in [5.41, 5.74) is 1.71. The van der Waals surface area contributed by atoms with Crippen LogP contribution in [-0.2, 0) is 9.53 Å². The first-order valence-electron chi connectivity index (χ1n) is 11.2. The molecular weight excluding hydrogens is 472 g/mol. The van der Waals surface area contributed by atoms with Crippen LogP contribution in [0.4, 0.5) is 5.69 Å². The number of ether oxygens (including phenoxy) is 2. The van der Waals surface area contributed by atoms with Crippen LogP contribution in [0.25, 0.3) is 5.69 Å². The van der Waals surface area contributed by atoms with Gasteiger partial charge < -0.3 is 19.7 Å². The third-order valence-electron chi connectivity index (χ3n) is 5.66. The number of amides is 2. The molecule has 2 heterocycles. The summed E-state index contributed by atoms with van der Waals surface area (Å²) in [5.74, 6) is -0.696. The molecule has 1 aliphatic rings. The van der Waals surface area contributed by atoms with Crippen LogP contribution in [-0.4, -0.2) is 58.8 Å². The Morgan fingerprint density at radius 1 is 1.17 bits per heavy atom. The number of rotatable bonds is 7. The van der Waals surface area contributed by atoms with Crippen LogP contribution in [0.5, 0.6) is 5.75 Å². The molecule has 2 aromatic carbocycles. The maximum Gasteiger partial charge on any atom is 0.358 e. The van der Waals surface area contributed by atoms with Crippen molar-refractivity contribution in [1.29, 1.82) is 0 Å². The van der Waals surface area contributed by atoms with E-state index in [4.69, 9.17) is 21.1 Å². The minimum absolute atomic E-state index is 0.192. The fraction of sp³-hybridized carbons (Fsp3) is 0.280. The Balaban J connectivity index is 1.49. The third-order valence-corrected chi connectivity index (χ3v) is 5.90. The zero-order valence-corrected chi connectivity index (χ0v) is 20.1. The van der Waals surface area contributed by atoms with E-state index >= 15 is 0 Å². The Labute approximate surface area is 207 Å². The molecule has 35 heavy (non-hydrogen) atoms. The number of anilines is 1. The highest BCUT2D eigenvalue weighted by molar-refractivity contribution is 6.31. The highest BCUT2D eigenvalue weighted by atomic mass is 35.5. The van der Waals surface area contributed by atoms with Crippen molar-refractivity contribution < 1.29 is 23.9 Å². The topological polar surface area (TPSA) is 103 Å². The quantitative estimate of drug-likeness (QED) is 0.497. The normalized spacial score (nSPS) is 15.1. The van der Waals surface area contributed by atoms with Crippen molar-refractivity contribution in [2.24, 2.45) is 0 Å². The van der Waals surface area contributed by atoms with Crippen LogP contribution >= 0.6 is 11.6 Å². The van der Waals surface area contributed by atoms with E-state index < -0.39 is 12.0 Å². The highest BCUT2D eigenvalue weighted by Gasteiger charge is 2.35. The van der Waals surface area contributed by atoms with Crippen LogP contribution < -0.4 is 10.1 Å². The molecule has 1 atom stereocenters. The van der Waals surface area contributed by atoms with Crippen LogP contribution in [0.1, 0.15) is 40.6 Å². The molecule has 0 radical (unpaired) electrons. The van der Waals surface area contributed by atoms with Gasteiger partial charge in [-0.25, -0.2) is 9.48 Å². The minimum atomic E-state index is -0.630. The van der Waals surface area contributed by atoms with Gasteiger partial charge in [0.05, 0.1) is 25.0 Å². The van der Waals surface area contributed by atoms with E-state index in [-0.39, 0.29) is 24.1 Å². The lowest BCUT2D eigenvalue weighted by atomic mass is 10.1. The van der Waals surface area contributed by atoms with E-state index in [1.807, 2.05) is 0 Å². The number of aromatic nitrogens is 2. The first-order chi connectivity index (χ1) is 16.9. The van der Waals surface area contributed by atoms with Crippen LogP contribution in [0.3, 0.4) is 0 Å². The molecule has 2 amide bonds. The number of carbonyl (C=O) groups excluding carboxylic acids is 3. The van der Waals surface area contributed by atoms with Crippen molar-refractivity contribution in [3.05, 3.63) is 71.0 Å². The first-order valence-corrected chi connectivity index (χ1v) is 11.6. The molecule has 1 aromatic heterocycles. The number of esters is 1. The summed E-state index contributed by atoms with van der Waals surface area (Å²) in [5, 5.41) is 7.55. The van der Waals surface area contributed by atoms with Crippen LogP contribution in [0.15, 0.2) is 54.7 Å². The van der Waals surface area contributed by atoms with E-state index in [2.05, 4.69) is 10.4 Å². The van der Waals surface area contributed by atoms with Crippen LogP contribution in [0.2, 0.25) is 5.02 Å². The predicted octanol–water partition coefficient (Wildman–Crippen LogP) is 3.95. The lowest BCUT2D eigenvalue weighted by Gasteiger charge is -2.25. The number of likely N-dealkylation sites (tertiary alicyclic amines) is 1. The lowest BCUT2D eigenvalue weighted by Crippen LogP contribution is -2.43. The predicted molar refractivity (Wildman–Crippen MR) is 130 cm³/mol. The number of methoxy groups -OCH3 is 1. The molecule has 0 aliphatic carbocycles. The second-order valence-electron chi connectivity index (χ2n) is 7.91. The van der Waals surface area contributed by atoms with Gasteiger partial charge in [-0.3, -0.25) is 9.59 Å².